The van der Waals surface area contributed by atoms with Gasteiger partial charge in [-0.15, -0.1) is 0 Å². The molecule has 0 spiro atoms. The smallest absolute Gasteiger partial charge is 0.175 e. The lowest BCUT2D eigenvalue weighted by Crippen LogP contribution is -2.19. The molecule has 0 aliphatic carbocycles. The third kappa shape index (κ3) is 3.28. The van der Waals surface area contributed by atoms with Crippen molar-refractivity contribution >= 4 is 28.7 Å². The maximum absolute atomic E-state index is 13.4. The van der Waals surface area contributed by atoms with Crippen LogP contribution in [0.5, 0.6) is 0 Å². The zero-order valence-corrected chi connectivity index (χ0v) is 10.7. The van der Waals surface area contributed by atoms with Crippen molar-refractivity contribution in [1.29, 1.82) is 0 Å². The van der Waals surface area contributed by atoms with E-state index in [1.807, 2.05) is 31.2 Å². The number of hydrogen-bond donors (Lipinski definition) is 2. The van der Waals surface area contributed by atoms with Crippen LogP contribution in [0.3, 0.4) is 0 Å². The lowest BCUT2D eigenvalue weighted by atomic mass is 10.2. The first-order valence-corrected chi connectivity index (χ1v) is 5.95. The molecule has 0 amide bonds. The van der Waals surface area contributed by atoms with Crippen LogP contribution in [0, 0.1) is 12.7 Å². The predicted octanol–water partition coefficient (Wildman–Crippen LogP) is 3.94. The number of halogens is 1. The summed E-state index contributed by atoms with van der Waals surface area (Å²) >= 11 is 5.13. The second kappa shape index (κ2) is 5.60. The first kappa shape index (κ1) is 12.5. The first-order chi connectivity index (χ1) is 8.65. The molecule has 0 saturated carbocycles. The minimum Gasteiger partial charge on any atom is -0.332 e. The van der Waals surface area contributed by atoms with Crippen LogP contribution in [-0.2, 0) is 0 Å². The third-order valence-electron chi connectivity index (χ3n) is 2.40. The molecule has 2 rings (SSSR count). The zero-order valence-electron chi connectivity index (χ0n) is 9.91. The number of anilines is 2. The Labute approximate surface area is 111 Å². The van der Waals surface area contributed by atoms with Gasteiger partial charge in [0.1, 0.15) is 5.82 Å². The molecule has 0 aliphatic heterocycles. The largest absolute Gasteiger partial charge is 0.332 e. The Hall–Kier alpha value is -1.94. The third-order valence-corrected chi connectivity index (χ3v) is 2.60. The Bertz CT molecular complexity index is 569. The van der Waals surface area contributed by atoms with Gasteiger partial charge in [0.05, 0.1) is 5.69 Å². The van der Waals surface area contributed by atoms with Crippen LogP contribution >= 0.6 is 12.2 Å². The minimum absolute atomic E-state index is 0.328. The van der Waals surface area contributed by atoms with Crippen LogP contribution in [-0.4, -0.2) is 5.11 Å². The van der Waals surface area contributed by atoms with E-state index < -0.39 is 0 Å². The Morgan fingerprint density at radius 3 is 2.56 bits per heavy atom. The highest BCUT2D eigenvalue weighted by Gasteiger charge is 2.03. The highest BCUT2D eigenvalue weighted by atomic mass is 32.1. The standard InChI is InChI=1S/C14H13FN2S/c1-10-5-4-6-11(9-10)16-14(18)17-13-8-3-2-7-12(13)15/h2-9H,1H3,(H2,16,17,18). The van der Waals surface area contributed by atoms with E-state index in [0.29, 0.717) is 10.8 Å². The van der Waals surface area contributed by atoms with Gasteiger partial charge in [-0.1, -0.05) is 24.3 Å². The number of rotatable bonds is 2. The lowest BCUT2D eigenvalue weighted by molar-refractivity contribution is 0.632. The molecule has 92 valence electrons. The average Bonchev–Trinajstić information content (AvgIpc) is 2.32. The van der Waals surface area contributed by atoms with E-state index in [-0.39, 0.29) is 5.82 Å². The molecule has 0 unspecified atom stereocenters. The summed E-state index contributed by atoms with van der Waals surface area (Å²) in [6, 6.07) is 14.2. The molecular formula is C14H13FN2S. The highest BCUT2D eigenvalue weighted by Crippen LogP contribution is 2.14. The van der Waals surface area contributed by atoms with E-state index in [9.17, 15) is 4.39 Å². The molecule has 4 heteroatoms. The quantitative estimate of drug-likeness (QED) is 0.800. The maximum atomic E-state index is 13.4. The Kier molecular flexibility index (Phi) is 3.89. The molecule has 0 saturated heterocycles. The summed E-state index contributed by atoms with van der Waals surface area (Å²) in [4.78, 5) is 0. The second-order valence-electron chi connectivity index (χ2n) is 3.93. The van der Waals surface area contributed by atoms with E-state index in [1.165, 1.54) is 6.07 Å². The second-order valence-corrected chi connectivity index (χ2v) is 4.34. The summed E-state index contributed by atoms with van der Waals surface area (Å²) in [6.07, 6.45) is 0. The van der Waals surface area contributed by atoms with Gasteiger partial charge in [0.25, 0.3) is 0 Å². The zero-order chi connectivity index (χ0) is 13.0. The Morgan fingerprint density at radius 1 is 1.06 bits per heavy atom. The number of benzene rings is 2. The topological polar surface area (TPSA) is 24.1 Å². The summed E-state index contributed by atoms with van der Waals surface area (Å²) in [7, 11) is 0. The van der Waals surface area contributed by atoms with Crippen molar-refractivity contribution in [3.63, 3.8) is 0 Å². The van der Waals surface area contributed by atoms with Crippen molar-refractivity contribution in [2.75, 3.05) is 10.6 Å². The normalized spacial score (nSPS) is 9.89. The predicted molar refractivity (Wildman–Crippen MR) is 77.4 cm³/mol. The molecule has 2 aromatic carbocycles. The Morgan fingerprint density at radius 2 is 1.83 bits per heavy atom. The monoisotopic (exact) mass is 260 g/mol. The molecule has 0 bridgehead atoms. The van der Waals surface area contributed by atoms with Crippen molar-refractivity contribution in [3.8, 4) is 0 Å². The van der Waals surface area contributed by atoms with Gasteiger partial charge in [-0.25, -0.2) is 4.39 Å². The molecule has 2 nitrogen and oxygen atoms in total. The lowest BCUT2D eigenvalue weighted by Gasteiger charge is -2.11. The molecule has 0 heterocycles. The van der Waals surface area contributed by atoms with E-state index in [1.54, 1.807) is 18.2 Å². The fraction of sp³-hybridized carbons (Fsp3) is 0.0714. The van der Waals surface area contributed by atoms with Gasteiger partial charge in [0.2, 0.25) is 0 Å². The summed E-state index contributed by atoms with van der Waals surface area (Å²) in [6.45, 7) is 2.00. The van der Waals surface area contributed by atoms with Gasteiger partial charge in [-0.05, 0) is 49.0 Å². The number of aryl methyl sites for hydroxylation is 1. The van der Waals surface area contributed by atoms with Crippen LogP contribution in [0.1, 0.15) is 5.56 Å². The first-order valence-electron chi connectivity index (χ1n) is 5.54. The fourth-order valence-corrected chi connectivity index (χ4v) is 1.80. The molecule has 0 aromatic heterocycles. The molecular weight excluding hydrogens is 247 g/mol. The van der Waals surface area contributed by atoms with Crippen molar-refractivity contribution in [3.05, 3.63) is 59.9 Å². The minimum atomic E-state index is -0.328. The van der Waals surface area contributed by atoms with Crippen molar-refractivity contribution in [1.82, 2.24) is 0 Å². The van der Waals surface area contributed by atoms with Crippen LogP contribution < -0.4 is 10.6 Å². The molecule has 2 aromatic rings. The van der Waals surface area contributed by atoms with Crippen LogP contribution in [0.15, 0.2) is 48.5 Å². The molecule has 0 aliphatic rings. The van der Waals surface area contributed by atoms with E-state index in [2.05, 4.69) is 10.6 Å². The van der Waals surface area contributed by atoms with Crippen molar-refractivity contribution in [2.24, 2.45) is 0 Å². The summed E-state index contributed by atoms with van der Waals surface area (Å²) < 4.78 is 13.4. The molecule has 2 N–H and O–H groups in total. The number of para-hydroxylation sites is 1. The summed E-state index contributed by atoms with van der Waals surface area (Å²) in [5, 5.41) is 6.20. The van der Waals surface area contributed by atoms with Crippen LogP contribution in [0.2, 0.25) is 0 Å². The molecule has 18 heavy (non-hydrogen) atoms. The van der Waals surface area contributed by atoms with Gasteiger partial charge in [-0.3, -0.25) is 0 Å². The van der Waals surface area contributed by atoms with Crippen LogP contribution in [0.25, 0.3) is 0 Å². The Balaban J connectivity index is 2.03. The van der Waals surface area contributed by atoms with Crippen LogP contribution in [0.4, 0.5) is 15.8 Å². The number of nitrogens with one attached hydrogen (secondary N) is 2. The van der Waals surface area contributed by atoms with Crippen molar-refractivity contribution < 1.29 is 4.39 Å². The van der Waals surface area contributed by atoms with E-state index in [0.717, 1.165) is 11.3 Å². The van der Waals surface area contributed by atoms with E-state index >= 15 is 0 Å². The summed E-state index contributed by atoms with van der Waals surface area (Å²) in [5.74, 6) is -0.328. The molecule has 0 atom stereocenters. The average molecular weight is 260 g/mol. The van der Waals surface area contributed by atoms with Gasteiger partial charge in [0.15, 0.2) is 5.11 Å². The van der Waals surface area contributed by atoms with Gasteiger partial charge >= 0.3 is 0 Å². The fourth-order valence-electron chi connectivity index (χ4n) is 1.57. The van der Waals surface area contributed by atoms with Gasteiger partial charge < -0.3 is 10.6 Å². The van der Waals surface area contributed by atoms with Crippen molar-refractivity contribution in [2.45, 2.75) is 6.92 Å². The highest BCUT2D eigenvalue weighted by molar-refractivity contribution is 7.80. The van der Waals surface area contributed by atoms with Gasteiger partial charge in [-0.2, -0.15) is 0 Å². The molecule has 0 radical (unpaired) electrons. The maximum Gasteiger partial charge on any atom is 0.175 e. The SMILES string of the molecule is Cc1cccc(NC(=S)Nc2ccccc2F)c1. The summed E-state index contributed by atoms with van der Waals surface area (Å²) in [5.41, 5.74) is 2.38. The van der Waals surface area contributed by atoms with Gasteiger partial charge in [0, 0.05) is 5.69 Å². The molecule has 0 fully saturated rings. The van der Waals surface area contributed by atoms with E-state index in [4.69, 9.17) is 12.2 Å². The number of thiocarbonyl (C=S) groups is 1. The number of hydrogen-bond acceptors (Lipinski definition) is 1.